The average Bonchev–Trinajstić information content (AvgIpc) is 2.98. The lowest BCUT2D eigenvalue weighted by molar-refractivity contribution is -0.116. The van der Waals surface area contributed by atoms with E-state index < -0.39 is 0 Å². The van der Waals surface area contributed by atoms with Gasteiger partial charge in [0.15, 0.2) is 3.95 Å². The van der Waals surface area contributed by atoms with Crippen molar-refractivity contribution in [2.45, 2.75) is 19.9 Å². The van der Waals surface area contributed by atoms with E-state index in [0.717, 1.165) is 16.8 Å². The summed E-state index contributed by atoms with van der Waals surface area (Å²) < 4.78 is 2.52. The topological polar surface area (TPSA) is 57.8 Å². The van der Waals surface area contributed by atoms with E-state index in [1.165, 1.54) is 16.9 Å². The molecule has 0 aliphatic rings. The summed E-state index contributed by atoms with van der Waals surface area (Å²) in [6.45, 7) is 2.20. The van der Waals surface area contributed by atoms with Crippen molar-refractivity contribution in [3.8, 4) is 17.3 Å². The molecular formula is C20H17N3OS2. The number of aromatic nitrogens is 1. The predicted octanol–water partition coefficient (Wildman–Crippen LogP) is 4.96. The van der Waals surface area contributed by atoms with Crippen LogP contribution < -0.4 is 5.32 Å². The van der Waals surface area contributed by atoms with Crippen LogP contribution in [0.2, 0.25) is 0 Å². The average molecular weight is 380 g/mol. The summed E-state index contributed by atoms with van der Waals surface area (Å²) in [6, 6.07) is 17.6. The lowest BCUT2D eigenvalue weighted by atomic mass is 10.1. The van der Waals surface area contributed by atoms with Gasteiger partial charge in [0.25, 0.3) is 0 Å². The molecule has 4 nitrogen and oxygen atoms in total. The van der Waals surface area contributed by atoms with Crippen LogP contribution >= 0.6 is 23.6 Å². The molecule has 0 saturated carbocycles. The molecule has 0 fully saturated rings. The number of anilines is 1. The van der Waals surface area contributed by atoms with Gasteiger partial charge in [-0.15, -0.1) is 11.3 Å². The smallest absolute Gasteiger partial charge is 0.244 e. The Balaban J connectivity index is 1.75. The fourth-order valence-electron chi connectivity index (χ4n) is 2.57. The van der Waals surface area contributed by atoms with Crippen LogP contribution in [-0.2, 0) is 17.8 Å². The van der Waals surface area contributed by atoms with Crippen molar-refractivity contribution in [1.82, 2.24) is 4.57 Å². The second-order valence-corrected chi connectivity index (χ2v) is 7.42. The minimum absolute atomic E-state index is 0.138. The molecule has 0 saturated heterocycles. The number of nitrogens with zero attached hydrogens (tertiary/aromatic N) is 2. The SMILES string of the molecule is Cc1ccc(-c2csc(=S)n2CC(=O)Nc2ccc(CC#N)cc2)cc1. The van der Waals surface area contributed by atoms with Gasteiger partial charge in [-0.1, -0.05) is 42.0 Å². The van der Waals surface area contributed by atoms with Gasteiger partial charge in [-0.2, -0.15) is 5.26 Å². The normalized spacial score (nSPS) is 10.3. The minimum Gasteiger partial charge on any atom is -0.325 e. The van der Waals surface area contributed by atoms with Gasteiger partial charge >= 0.3 is 0 Å². The molecule has 2 aromatic carbocycles. The molecule has 0 aliphatic carbocycles. The maximum Gasteiger partial charge on any atom is 0.244 e. The number of aryl methyl sites for hydroxylation is 1. The number of benzene rings is 2. The molecule has 1 N–H and O–H groups in total. The summed E-state index contributed by atoms with van der Waals surface area (Å²) in [5.41, 5.74) is 4.80. The van der Waals surface area contributed by atoms with Gasteiger partial charge < -0.3 is 9.88 Å². The molecule has 0 spiro atoms. The highest BCUT2D eigenvalue weighted by Gasteiger charge is 2.11. The molecule has 0 radical (unpaired) electrons. The summed E-state index contributed by atoms with van der Waals surface area (Å²) >= 11 is 6.85. The van der Waals surface area contributed by atoms with E-state index >= 15 is 0 Å². The number of carbonyl (C=O) groups is 1. The Kier molecular flexibility index (Phi) is 5.61. The summed E-state index contributed by atoms with van der Waals surface area (Å²) in [6.07, 6.45) is 0.359. The number of hydrogen-bond donors (Lipinski definition) is 1. The van der Waals surface area contributed by atoms with Gasteiger partial charge in [-0.3, -0.25) is 4.79 Å². The van der Waals surface area contributed by atoms with Crippen LogP contribution in [0, 0.1) is 22.2 Å². The molecule has 1 amide bonds. The molecule has 0 bridgehead atoms. The van der Waals surface area contributed by atoms with E-state index in [1.807, 2.05) is 53.3 Å². The zero-order chi connectivity index (χ0) is 18.5. The Bertz CT molecular complexity index is 1010. The first-order chi connectivity index (χ1) is 12.6. The molecule has 0 atom stereocenters. The van der Waals surface area contributed by atoms with Crippen LogP contribution in [0.5, 0.6) is 0 Å². The van der Waals surface area contributed by atoms with Crippen molar-refractivity contribution < 1.29 is 4.79 Å². The van der Waals surface area contributed by atoms with Gasteiger partial charge in [0.2, 0.25) is 5.91 Å². The zero-order valence-corrected chi connectivity index (χ0v) is 15.9. The first kappa shape index (κ1) is 18.1. The second-order valence-electron chi connectivity index (χ2n) is 5.92. The lowest BCUT2D eigenvalue weighted by Crippen LogP contribution is -2.19. The van der Waals surface area contributed by atoms with Crippen LogP contribution in [0.1, 0.15) is 11.1 Å². The minimum atomic E-state index is -0.138. The van der Waals surface area contributed by atoms with Crippen LogP contribution in [0.4, 0.5) is 5.69 Å². The third-order valence-electron chi connectivity index (χ3n) is 3.95. The molecule has 0 unspecified atom stereocenters. The number of amides is 1. The Morgan fingerprint density at radius 1 is 1.19 bits per heavy atom. The molecule has 3 rings (SSSR count). The molecule has 3 aromatic rings. The van der Waals surface area contributed by atoms with Crippen LogP contribution in [0.3, 0.4) is 0 Å². The standard InChI is InChI=1S/C20H17N3OS2/c1-14-2-6-16(7-3-14)18-13-26-20(25)23(18)12-19(24)22-17-8-4-15(5-9-17)10-11-21/h2-9,13H,10,12H2,1H3,(H,22,24). The number of nitrogens with one attached hydrogen (secondary N) is 1. The van der Waals surface area contributed by atoms with Gasteiger partial charge in [-0.25, -0.2) is 0 Å². The zero-order valence-electron chi connectivity index (χ0n) is 14.2. The quantitative estimate of drug-likeness (QED) is 0.638. The second kappa shape index (κ2) is 8.09. The number of hydrogen-bond acceptors (Lipinski definition) is 4. The van der Waals surface area contributed by atoms with Crippen molar-refractivity contribution in [3.05, 3.63) is 69.0 Å². The Morgan fingerprint density at radius 2 is 1.88 bits per heavy atom. The van der Waals surface area contributed by atoms with Crippen LogP contribution in [0.25, 0.3) is 11.3 Å². The van der Waals surface area contributed by atoms with Gasteiger partial charge in [0.05, 0.1) is 18.2 Å². The highest BCUT2D eigenvalue weighted by Crippen LogP contribution is 2.24. The van der Waals surface area contributed by atoms with Crippen LogP contribution in [0.15, 0.2) is 53.9 Å². The first-order valence-corrected chi connectivity index (χ1v) is 9.37. The maximum absolute atomic E-state index is 12.5. The van der Waals surface area contributed by atoms with Crippen molar-refractivity contribution in [2.24, 2.45) is 0 Å². The highest BCUT2D eigenvalue weighted by molar-refractivity contribution is 7.73. The Morgan fingerprint density at radius 3 is 2.54 bits per heavy atom. The number of nitriles is 1. The van der Waals surface area contributed by atoms with Crippen molar-refractivity contribution in [1.29, 1.82) is 5.26 Å². The molecule has 26 heavy (non-hydrogen) atoms. The first-order valence-electron chi connectivity index (χ1n) is 8.08. The molecule has 130 valence electrons. The summed E-state index contributed by atoms with van der Waals surface area (Å²) in [7, 11) is 0. The summed E-state index contributed by atoms with van der Waals surface area (Å²) in [5, 5.41) is 13.6. The largest absolute Gasteiger partial charge is 0.325 e. The monoisotopic (exact) mass is 379 g/mol. The summed E-state index contributed by atoms with van der Waals surface area (Å²) in [4.78, 5) is 12.5. The molecule has 1 aromatic heterocycles. The fourth-order valence-corrected chi connectivity index (χ4v) is 3.64. The molecule has 1 heterocycles. The van der Waals surface area contributed by atoms with E-state index in [2.05, 4.69) is 11.4 Å². The van der Waals surface area contributed by atoms with Crippen molar-refractivity contribution in [2.75, 3.05) is 5.32 Å². The Labute approximate surface area is 161 Å². The van der Waals surface area contributed by atoms with Gasteiger partial charge in [-0.05, 0) is 42.4 Å². The van der Waals surface area contributed by atoms with E-state index in [0.29, 0.717) is 16.1 Å². The third kappa shape index (κ3) is 4.26. The van der Waals surface area contributed by atoms with Crippen molar-refractivity contribution >= 4 is 35.1 Å². The maximum atomic E-state index is 12.5. The lowest BCUT2D eigenvalue weighted by Gasteiger charge is -2.10. The molecular weight excluding hydrogens is 362 g/mol. The number of carbonyl (C=O) groups excluding carboxylic acids is 1. The molecule has 0 aliphatic heterocycles. The van der Waals surface area contributed by atoms with Gasteiger partial charge in [0, 0.05) is 11.1 Å². The van der Waals surface area contributed by atoms with Gasteiger partial charge in [0.1, 0.15) is 6.54 Å². The van der Waals surface area contributed by atoms with E-state index in [-0.39, 0.29) is 12.5 Å². The Hall–Kier alpha value is -2.75. The molecule has 6 heteroatoms. The third-order valence-corrected chi connectivity index (χ3v) is 5.22. The van der Waals surface area contributed by atoms with Crippen molar-refractivity contribution in [3.63, 3.8) is 0 Å². The van der Waals surface area contributed by atoms with E-state index in [9.17, 15) is 4.79 Å². The highest BCUT2D eigenvalue weighted by atomic mass is 32.1. The number of rotatable bonds is 5. The van der Waals surface area contributed by atoms with Crippen LogP contribution in [-0.4, -0.2) is 10.5 Å². The van der Waals surface area contributed by atoms with E-state index in [4.69, 9.17) is 17.5 Å². The predicted molar refractivity (Wildman–Crippen MR) is 108 cm³/mol. The number of thiazole rings is 1. The summed E-state index contributed by atoms with van der Waals surface area (Å²) in [5.74, 6) is -0.138. The fraction of sp³-hybridized carbons (Fsp3) is 0.150. The van der Waals surface area contributed by atoms with E-state index in [1.54, 1.807) is 12.1 Å².